The summed E-state index contributed by atoms with van der Waals surface area (Å²) < 4.78 is 0. The Hall–Kier alpha value is 0.578. The van der Waals surface area contributed by atoms with Crippen LogP contribution in [-0.2, 0) is 16.5 Å². The predicted octanol–water partition coefficient (Wildman–Crippen LogP) is -1.62. The zero-order valence-corrected chi connectivity index (χ0v) is 10.7. The fourth-order valence-corrected chi connectivity index (χ4v) is 0.512. The molecule has 14 heavy (non-hydrogen) atoms. The van der Waals surface area contributed by atoms with Crippen molar-refractivity contribution in [2.24, 2.45) is 10.9 Å². The fourth-order valence-electron chi connectivity index (χ4n) is 0.512. The summed E-state index contributed by atoms with van der Waals surface area (Å²) >= 11 is -0.472. The van der Waals surface area contributed by atoms with Crippen LogP contribution in [0.25, 0.3) is 0 Å². The van der Waals surface area contributed by atoms with E-state index in [2.05, 4.69) is 10.9 Å². The summed E-state index contributed by atoms with van der Waals surface area (Å²) in [6.07, 6.45) is -3.35. The van der Waals surface area contributed by atoms with E-state index in [0.29, 0.717) is 0 Å². The Morgan fingerprint density at radius 1 is 1.36 bits per heavy atom. The van der Waals surface area contributed by atoms with Gasteiger partial charge < -0.3 is 26.3 Å². The first kappa shape index (κ1) is 17.0. The van der Waals surface area contributed by atoms with Gasteiger partial charge in [-0.1, -0.05) is 0 Å². The summed E-state index contributed by atoms with van der Waals surface area (Å²) in [4.78, 5) is 0. The van der Waals surface area contributed by atoms with E-state index >= 15 is 0 Å². The van der Waals surface area contributed by atoms with E-state index in [0.717, 1.165) is 6.21 Å². The van der Waals surface area contributed by atoms with E-state index < -0.39 is 41.4 Å². The second kappa shape index (κ2) is 11.7. The van der Waals surface area contributed by atoms with Gasteiger partial charge in [-0.3, -0.25) is 0 Å². The molecule has 0 amide bonds. The van der Waals surface area contributed by atoms with Crippen molar-refractivity contribution in [3.05, 3.63) is 0 Å². The van der Waals surface area contributed by atoms with Crippen LogP contribution < -0.4 is 5.84 Å². The van der Waals surface area contributed by atoms with Crippen LogP contribution in [0.1, 0.15) is 0 Å². The first-order chi connectivity index (χ1) is 6.54. The van der Waals surface area contributed by atoms with Gasteiger partial charge in [-0.05, 0) is 0 Å². The second-order valence-electron chi connectivity index (χ2n) is 2.07. The van der Waals surface area contributed by atoms with Gasteiger partial charge in [-0.25, -0.2) is 0 Å². The van der Waals surface area contributed by atoms with Crippen molar-refractivity contribution >= 4 is 25.1 Å². The second-order valence-corrected chi connectivity index (χ2v) is 5.36. The van der Waals surface area contributed by atoms with Gasteiger partial charge >= 0.3 is 35.3 Å². The molecule has 6 nitrogen and oxygen atoms in total. The molecule has 3 atom stereocenters. The van der Waals surface area contributed by atoms with Crippen LogP contribution in [0.2, 0.25) is 0 Å². The van der Waals surface area contributed by atoms with Crippen molar-refractivity contribution < 1.29 is 36.9 Å². The third-order valence-electron chi connectivity index (χ3n) is 1.17. The van der Waals surface area contributed by atoms with Crippen molar-refractivity contribution in [2.45, 2.75) is 18.3 Å². The average Bonchev–Trinajstić information content (AvgIpc) is 2.17. The molecule has 0 unspecified atom stereocenters. The number of hydrazone groups is 1. The Kier molecular flexibility index (Phi) is 14.1. The number of hydrogen-bond acceptors (Lipinski definition) is 6. The van der Waals surface area contributed by atoms with Crippen molar-refractivity contribution in [2.75, 3.05) is 6.61 Å². The Labute approximate surface area is 97.7 Å². The molecule has 0 aliphatic rings. The Morgan fingerprint density at radius 2 is 1.79 bits per heavy atom. The summed E-state index contributed by atoms with van der Waals surface area (Å²) in [5.41, 5.74) is 0. The zero-order chi connectivity index (χ0) is 11.6. The molecule has 0 aromatic heterocycles. The van der Waals surface area contributed by atoms with Gasteiger partial charge in [-0.2, -0.15) is 5.10 Å². The van der Waals surface area contributed by atoms with E-state index in [1.54, 1.807) is 0 Å². The van der Waals surface area contributed by atoms with Crippen molar-refractivity contribution in [1.29, 1.82) is 0 Å². The van der Waals surface area contributed by atoms with E-state index in [1.807, 2.05) is 0 Å². The van der Waals surface area contributed by atoms with Crippen LogP contribution in [0.3, 0.4) is 0 Å². The summed E-state index contributed by atoms with van der Waals surface area (Å²) in [5, 5.41) is 37.8. The maximum absolute atomic E-state index is 8.91. The van der Waals surface area contributed by atoms with Crippen LogP contribution in [-0.4, -0.2) is 51.6 Å². The first-order valence-corrected chi connectivity index (χ1v) is 8.89. The topological polar surface area (TPSA) is 119 Å². The average molecular weight is 430 g/mol. The Morgan fingerprint density at radius 3 is 2.07 bits per heavy atom. The molecular formula is C5H12Cl2N2O4Pt. The van der Waals surface area contributed by atoms with Gasteiger partial charge in [0.2, 0.25) is 0 Å². The van der Waals surface area contributed by atoms with Crippen molar-refractivity contribution in [3.8, 4) is 0 Å². The molecule has 6 N–H and O–H groups in total. The molecule has 9 heteroatoms. The van der Waals surface area contributed by atoms with Gasteiger partial charge in [0.25, 0.3) is 0 Å². The van der Waals surface area contributed by atoms with Gasteiger partial charge in [0, 0.05) is 0 Å². The van der Waals surface area contributed by atoms with Gasteiger partial charge in [-0.15, -0.1) is 0 Å². The van der Waals surface area contributed by atoms with Crippen LogP contribution in [0.15, 0.2) is 5.10 Å². The Balaban J connectivity index is 0. The van der Waals surface area contributed by atoms with E-state index in [-0.39, 0.29) is 0 Å². The van der Waals surface area contributed by atoms with Crippen LogP contribution in [0.5, 0.6) is 0 Å². The number of halogens is 2. The minimum absolute atomic E-state index is 0.472. The molecule has 0 aliphatic carbocycles. The summed E-state index contributed by atoms with van der Waals surface area (Å²) in [6.45, 7) is -0.628. The first-order valence-electron chi connectivity index (χ1n) is 3.25. The monoisotopic (exact) mass is 429 g/mol. The molecule has 0 rings (SSSR count). The number of nitrogens with two attached hydrogens (primary N) is 1. The predicted molar refractivity (Wildman–Crippen MR) is 49.5 cm³/mol. The molecule has 0 aliphatic heterocycles. The molecule has 0 heterocycles. The third kappa shape index (κ3) is 9.15. The number of nitrogens with zero attached hydrogens (tertiary/aromatic N) is 1. The van der Waals surface area contributed by atoms with Crippen molar-refractivity contribution in [1.82, 2.24) is 0 Å². The van der Waals surface area contributed by atoms with Crippen LogP contribution >= 0.6 is 18.8 Å². The molecule has 0 spiro atoms. The molecule has 0 fully saturated rings. The summed E-state index contributed by atoms with van der Waals surface area (Å²) in [5.74, 6) is 4.66. The fraction of sp³-hybridized carbons (Fsp3) is 0.800. The molecular weight excluding hydrogens is 418 g/mol. The van der Waals surface area contributed by atoms with Gasteiger partial charge in [0.15, 0.2) is 0 Å². The van der Waals surface area contributed by atoms with Gasteiger partial charge in [0.1, 0.15) is 18.3 Å². The van der Waals surface area contributed by atoms with Crippen LogP contribution in [0, 0.1) is 0 Å². The standard InChI is InChI=1S/C5H12N2O4.2ClH.Pt/c6-7-1-3(9)5(11)4(10)2-8;;;/h1,3-5,8-11H,2,6H2;2*1H;/q;;;+2/p-2/t3-,4-,5+;;;/m1.../s1. The van der Waals surface area contributed by atoms with E-state index in [4.69, 9.17) is 39.3 Å². The van der Waals surface area contributed by atoms with E-state index in [9.17, 15) is 0 Å². The molecule has 0 saturated heterocycles. The number of aliphatic hydroxyl groups excluding tert-OH is 4. The molecule has 90 valence electrons. The number of hydrogen-bond donors (Lipinski definition) is 5. The SMILES string of the molecule is NN=C[C@@H](O)[C@H](O)[C@H](O)CO.[Cl][Pt][Cl]. The summed E-state index contributed by atoms with van der Waals surface area (Å²) in [7, 11) is 9.75. The molecule has 0 bridgehead atoms. The van der Waals surface area contributed by atoms with Gasteiger partial charge in [0.05, 0.1) is 12.8 Å². The minimum atomic E-state index is -1.47. The molecule has 0 radical (unpaired) electrons. The van der Waals surface area contributed by atoms with Crippen LogP contribution in [0.4, 0.5) is 0 Å². The van der Waals surface area contributed by atoms with Crippen molar-refractivity contribution in [3.63, 3.8) is 0 Å². The Bertz CT molecular complexity index is 154. The summed E-state index contributed by atoms with van der Waals surface area (Å²) in [6, 6.07) is 0. The normalized spacial score (nSPS) is 17.3. The number of aliphatic hydroxyl groups is 4. The molecule has 0 saturated carbocycles. The zero-order valence-electron chi connectivity index (χ0n) is 6.90. The molecule has 0 aromatic carbocycles. The number of rotatable bonds is 4. The quantitative estimate of drug-likeness (QED) is 0.209. The third-order valence-corrected chi connectivity index (χ3v) is 1.17. The maximum atomic E-state index is 8.91. The molecule has 0 aromatic rings. The van der Waals surface area contributed by atoms with E-state index in [1.165, 1.54) is 0 Å².